The van der Waals surface area contributed by atoms with Crippen LogP contribution in [-0.4, -0.2) is 44.3 Å². The van der Waals surface area contributed by atoms with Gasteiger partial charge in [0.25, 0.3) is 0 Å². The summed E-state index contributed by atoms with van der Waals surface area (Å²) < 4.78 is 26.5. The van der Waals surface area contributed by atoms with Crippen molar-refractivity contribution in [3.8, 4) is 0 Å². The standard InChI is InChI=1S/C19H31N3O3S.ClH/c1-2-3-6-17(15-20)21-19(23)12-9-16-7-10-18(11-8-16)26(24,25)22-13-4-5-14-22;/h7-8,10-11,17H,2-6,9,12-15,20H2,1H3,(H,21,23);1H. The van der Waals surface area contributed by atoms with Gasteiger partial charge in [0.05, 0.1) is 4.90 Å². The van der Waals surface area contributed by atoms with E-state index >= 15 is 0 Å². The SMILES string of the molecule is CCCCC(CN)NC(=O)CCc1ccc(S(=O)(=O)N2CCCC2)cc1.Cl. The van der Waals surface area contributed by atoms with E-state index in [4.69, 9.17) is 5.73 Å². The van der Waals surface area contributed by atoms with Gasteiger partial charge in [-0.3, -0.25) is 4.79 Å². The molecule has 0 aliphatic carbocycles. The number of aryl methyl sites for hydroxylation is 1. The van der Waals surface area contributed by atoms with Crippen molar-refractivity contribution >= 4 is 28.3 Å². The molecular weight excluding hydrogens is 386 g/mol. The van der Waals surface area contributed by atoms with Crippen molar-refractivity contribution in [1.29, 1.82) is 0 Å². The molecule has 1 aliphatic heterocycles. The maximum atomic E-state index is 12.5. The number of nitrogens with one attached hydrogen (secondary N) is 1. The Balaban J connectivity index is 0.00000364. The molecule has 1 aliphatic rings. The first-order chi connectivity index (χ1) is 12.5. The summed E-state index contributed by atoms with van der Waals surface area (Å²) in [5.41, 5.74) is 6.66. The van der Waals surface area contributed by atoms with E-state index in [-0.39, 0.29) is 24.4 Å². The molecule has 154 valence electrons. The van der Waals surface area contributed by atoms with Crippen LogP contribution < -0.4 is 11.1 Å². The average molecular weight is 418 g/mol. The maximum absolute atomic E-state index is 12.5. The smallest absolute Gasteiger partial charge is 0.243 e. The van der Waals surface area contributed by atoms with Crippen LogP contribution >= 0.6 is 12.4 Å². The number of nitrogens with two attached hydrogens (primary N) is 1. The lowest BCUT2D eigenvalue weighted by Gasteiger charge is -2.17. The Hall–Kier alpha value is -1.15. The highest BCUT2D eigenvalue weighted by atomic mass is 35.5. The van der Waals surface area contributed by atoms with E-state index < -0.39 is 10.0 Å². The Labute approximate surface area is 169 Å². The summed E-state index contributed by atoms with van der Waals surface area (Å²) in [7, 11) is -3.37. The van der Waals surface area contributed by atoms with Gasteiger partial charge in [-0.2, -0.15) is 4.31 Å². The number of halogens is 1. The van der Waals surface area contributed by atoms with E-state index in [0.29, 0.717) is 37.4 Å². The van der Waals surface area contributed by atoms with Crippen LogP contribution in [0.3, 0.4) is 0 Å². The summed E-state index contributed by atoms with van der Waals surface area (Å²) in [5, 5.41) is 2.98. The number of unbranched alkanes of at least 4 members (excludes halogenated alkanes) is 1. The van der Waals surface area contributed by atoms with Gasteiger partial charge >= 0.3 is 0 Å². The Morgan fingerprint density at radius 3 is 2.41 bits per heavy atom. The fourth-order valence-electron chi connectivity index (χ4n) is 3.16. The first kappa shape index (κ1) is 23.9. The molecule has 2 rings (SSSR count). The number of hydrogen-bond donors (Lipinski definition) is 2. The number of amides is 1. The number of carbonyl (C=O) groups is 1. The highest BCUT2D eigenvalue weighted by Crippen LogP contribution is 2.21. The predicted octanol–water partition coefficient (Wildman–Crippen LogP) is 2.46. The van der Waals surface area contributed by atoms with E-state index in [1.54, 1.807) is 28.6 Å². The summed E-state index contributed by atoms with van der Waals surface area (Å²) in [6.45, 7) is 3.77. The molecule has 1 saturated heterocycles. The highest BCUT2D eigenvalue weighted by molar-refractivity contribution is 7.89. The Kier molecular flexibility index (Phi) is 10.3. The van der Waals surface area contributed by atoms with Crippen LogP contribution in [0.15, 0.2) is 29.2 Å². The van der Waals surface area contributed by atoms with E-state index in [2.05, 4.69) is 12.2 Å². The Bertz CT molecular complexity index is 674. The minimum atomic E-state index is -3.37. The van der Waals surface area contributed by atoms with Gasteiger partial charge in [0.15, 0.2) is 0 Å². The molecule has 1 aromatic rings. The molecule has 1 amide bonds. The van der Waals surface area contributed by atoms with Crippen LogP contribution in [0, 0.1) is 0 Å². The predicted molar refractivity (Wildman–Crippen MR) is 111 cm³/mol. The highest BCUT2D eigenvalue weighted by Gasteiger charge is 2.26. The monoisotopic (exact) mass is 417 g/mol. The number of sulfonamides is 1. The molecule has 0 spiro atoms. The van der Waals surface area contributed by atoms with Crippen LogP contribution in [0.1, 0.15) is 51.0 Å². The van der Waals surface area contributed by atoms with Crippen molar-refractivity contribution in [2.24, 2.45) is 5.73 Å². The molecule has 1 unspecified atom stereocenters. The van der Waals surface area contributed by atoms with Crippen molar-refractivity contribution in [1.82, 2.24) is 9.62 Å². The second-order valence-electron chi connectivity index (χ2n) is 6.90. The number of carbonyl (C=O) groups excluding carboxylic acids is 1. The van der Waals surface area contributed by atoms with Gasteiger partial charge < -0.3 is 11.1 Å². The zero-order chi connectivity index (χ0) is 19.0. The lowest BCUT2D eigenvalue weighted by molar-refractivity contribution is -0.121. The molecule has 0 radical (unpaired) electrons. The molecule has 1 aromatic carbocycles. The van der Waals surface area contributed by atoms with Gasteiger partial charge in [-0.25, -0.2) is 8.42 Å². The number of nitrogens with zero attached hydrogens (tertiary/aromatic N) is 1. The largest absolute Gasteiger partial charge is 0.352 e. The number of rotatable bonds is 10. The molecule has 1 atom stereocenters. The van der Waals surface area contributed by atoms with Crippen molar-refractivity contribution in [3.05, 3.63) is 29.8 Å². The summed E-state index contributed by atoms with van der Waals surface area (Å²) in [4.78, 5) is 12.4. The fraction of sp³-hybridized carbons (Fsp3) is 0.632. The number of hydrogen-bond acceptors (Lipinski definition) is 4. The normalized spacial score (nSPS) is 15.9. The average Bonchev–Trinajstić information content (AvgIpc) is 3.19. The van der Waals surface area contributed by atoms with Crippen molar-refractivity contribution in [2.45, 2.75) is 62.8 Å². The topological polar surface area (TPSA) is 92.5 Å². The maximum Gasteiger partial charge on any atom is 0.243 e. The van der Waals surface area contributed by atoms with Crippen molar-refractivity contribution in [2.75, 3.05) is 19.6 Å². The molecule has 3 N–H and O–H groups in total. The third-order valence-corrected chi connectivity index (χ3v) is 6.74. The second-order valence-corrected chi connectivity index (χ2v) is 8.84. The van der Waals surface area contributed by atoms with Crippen molar-refractivity contribution in [3.63, 3.8) is 0 Å². The first-order valence-corrected chi connectivity index (χ1v) is 11.0. The molecule has 0 aromatic heterocycles. The molecule has 8 heteroatoms. The van der Waals surface area contributed by atoms with Gasteiger partial charge in [-0.1, -0.05) is 31.9 Å². The summed E-state index contributed by atoms with van der Waals surface area (Å²) in [5.74, 6) is -0.00896. The fourth-order valence-corrected chi connectivity index (χ4v) is 4.68. The van der Waals surface area contributed by atoms with Crippen LogP contribution in [0.2, 0.25) is 0 Å². The van der Waals surface area contributed by atoms with Gasteiger partial charge in [0, 0.05) is 32.1 Å². The van der Waals surface area contributed by atoms with Gasteiger partial charge in [0.1, 0.15) is 0 Å². The van der Waals surface area contributed by atoms with E-state index in [1.165, 1.54) is 0 Å². The van der Waals surface area contributed by atoms with Gasteiger partial charge in [0.2, 0.25) is 15.9 Å². The second kappa shape index (κ2) is 11.6. The molecule has 27 heavy (non-hydrogen) atoms. The van der Waals surface area contributed by atoms with E-state index in [0.717, 1.165) is 37.7 Å². The van der Waals surface area contributed by atoms with Gasteiger partial charge in [-0.15, -0.1) is 12.4 Å². The molecule has 6 nitrogen and oxygen atoms in total. The third kappa shape index (κ3) is 7.07. The quantitative estimate of drug-likeness (QED) is 0.611. The van der Waals surface area contributed by atoms with Crippen LogP contribution in [0.4, 0.5) is 0 Å². The Morgan fingerprint density at radius 2 is 1.85 bits per heavy atom. The summed E-state index contributed by atoms with van der Waals surface area (Å²) in [6, 6.07) is 6.92. The molecule has 1 heterocycles. The molecular formula is C19H32ClN3O3S. The third-order valence-electron chi connectivity index (χ3n) is 4.82. The zero-order valence-electron chi connectivity index (χ0n) is 16.0. The lowest BCUT2D eigenvalue weighted by Crippen LogP contribution is -2.40. The van der Waals surface area contributed by atoms with Crippen LogP contribution in [0.25, 0.3) is 0 Å². The molecule has 0 bridgehead atoms. The molecule has 1 fully saturated rings. The summed E-state index contributed by atoms with van der Waals surface area (Å²) >= 11 is 0. The van der Waals surface area contributed by atoms with Crippen LogP contribution in [-0.2, 0) is 21.2 Å². The first-order valence-electron chi connectivity index (χ1n) is 9.56. The van der Waals surface area contributed by atoms with Crippen molar-refractivity contribution < 1.29 is 13.2 Å². The minimum Gasteiger partial charge on any atom is -0.352 e. The summed E-state index contributed by atoms with van der Waals surface area (Å²) in [6.07, 6.45) is 5.85. The lowest BCUT2D eigenvalue weighted by atomic mass is 10.1. The minimum absolute atomic E-state index is 0. The Morgan fingerprint density at radius 1 is 1.22 bits per heavy atom. The number of benzene rings is 1. The van der Waals surface area contributed by atoms with Crippen LogP contribution in [0.5, 0.6) is 0 Å². The van der Waals surface area contributed by atoms with E-state index in [9.17, 15) is 13.2 Å². The molecule has 0 saturated carbocycles. The zero-order valence-corrected chi connectivity index (χ0v) is 17.7. The van der Waals surface area contributed by atoms with Gasteiger partial charge in [-0.05, 0) is 43.4 Å². The van der Waals surface area contributed by atoms with E-state index in [1.807, 2.05) is 0 Å².